The highest BCUT2D eigenvalue weighted by Crippen LogP contribution is 2.38. The minimum atomic E-state index is 0.585. The van der Waals surface area contributed by atoms with Crippen molar-refractivity contribution in [3.05, 3.63) is 20.8 Å². The van der Waals surface area contributed by atoms with Crippen LogP contribution in [0.4, 0.5) is 0 Å². The number of thiophene rings is 1. The van der Waals surface area contributed by atoms with E-state index in [2.05, 4.69) is 40.3 Å². The number of hydrogen-bond donors (Lipinski definition) is 1. The van der Waals surface area contributed by atoms with E-state index in [0.717, 1.165) is 12.5 Å². The Labute approximate surface area is 111 Å². The van der Waals surface area contributed by atoms with Crippen LogP contribution in [-0.2, 0) is 0 Å². The standard InChI is InChI=1S/C13H20BrNS/c1-2-15-13(10-6-4-3-5-7-10)11-8-9-12(14)16-11/h8-10,13,15H,2-7H2,1H3. The fourth-order valence-electron chi connectivity index (χ4n) is 2.68. The smallest absolute Gasteiger partial charge is 0.0701 e. The molecule has 0 saturated heterocycles. The summed E-state index contributed by atoms with van der Waals surface area (Å²) < 4.78 is 1.25. The molecule has 1 aliphatic carbocycles. The number of nitrogens with one attached hydrogen (secondary N) is 1. The van der Waals surface area contributed by atoms with Crippen molar-refractivity contribution in [1.82, 2.24) is 5.32 Å². The van der Waals surface area contributed by atoms with Crippen molar-refractivity contribution in [2.24, 2.45) is 5.92 Å². The van der Waals surface area contributed by atoms with Crippen molar-refractivity contribution in [3.63, 3.8) is 0 Å². The zero-order valence-corrected chi connectivity index (χ0v) is 12.2. The lowest BCUT2D eigenvalue weighted by Gasteiger charge is -2.30. The summed E-state index contributed by atoms with van der Waals surface area (Å²) in [6.07, 6.45) is 7.06. The van der Waals surface area contributed by atoms with Gasteiger partial charge in [-0.05, 0) is 53.4 Å². The third kappa shape index (κ3) is 3.08. The molecule has 1 N–H and O–H groups in total. The number of hydrogen-bond acceptors (Lipinski definition) is 2. The maximum Gasteiger partial charge on any atom is 0.0701 e. The first-order chi connectivity index (χ1) is 7.81. The van der Waals surface area contributed by atoms with E-state index in [4.69, 9.17) is 0 Å². The van der Waals surface area contributed by atoms with Crippen molar-refractivity contribution in [2.45, 2.75) is 45.1 Å². The van der Waals surface area contributed by atoms with Crippen LogP contribution in [0.15, 0.2) is 15.9 Å². The monoisotopic (exact) mass is 301 g/mol. The topological polar surface area (TPSA) is 12.0 Å². The zero-order valence-electron chi connectivity index (χ0n) is 9.84. The van der Waals surface area contributed by atoms with Gasteiger partial charge in [0.15, 0.2) is 0 Å². The minimum absolute atomic E-state index is 0.585. The molecule has 1 aromatic rings. The van der Waals surface area contributed by atoms with Crippen LogP contribution in [0.5, 0.6) is 0 Å². The predicted molar refractivity (Wildman–Crippen MR) is 75.0 cm³/mol. The first-order valence-electron chi connectivity index (χ1n) is 6.30. The van der Waals surface area contributed by atoms with Gasteiger partial charge in [-0.25, -0.2) is 0 Å². The van der Waals surface area contributed by atoms with Crippen LogP contribution in [0, 0.1) is 5.92 Å². The molecule has 0 amide bonds. The summed E-state index contributed by atoms with van der Waals surface area (Å²) in [6, 6.07) is 5.03. The summed E-state index contributed by atoms with van der Waals surface area (Å²) in [5, 5.41) is 3.67. The van der Waals surface area contributed by atoms with Crippen LogP contribution in [0.2, 0.25) is 0 Å². The average molecular weight is 302 g/mol. The van der Waals surface area contributed by atoms with Crippen LogP contribution >= 0.6 is 27.3 Å². The molecule has 0 radical (unpaired) electrons. The molecule has 0 bridgehead atoms. The minimum Gasteiger partial charge on any atom is -0.309 e. The normalized spacial score (nSPS) is 19.9. The van der Waals surface area contributed by atoms with E-state index in [1.807, 2.05) is 11.3 Å². The van der Waals surface area contributed by atoms with E-state index >= 15 is 0 Å². The quantitative estimate of drug-likeness (QED) is 0.847. The molecule has 1 aromatic heterocycles. The third-order valence-corrected chi connectivity index (χ3v) is 5.15. The van der Waals surface area contributed by atoms with Gasteiger partial charge in [0.25, 0.3) is 0 Å². The van der Waals surface area contributed by atoms with Crippen molar-refractivity contribution < 1.29 is 0 Å². The molecule has 1 unspecified atom stereocenters. The second-order valence-electron chi connectivity index (χ2n) is 4.58. The Morgan fingerprint density at radius 3 is 2.69 bits per heavy atom. The Morgan fingerprint density at radius 1 is 1.38 bits per heavy atom. The molecule has 2 rings (SSSR count). The first kappa shape index (κ1) is 12.6. The van der Waals surface area contributed by atoms with Gasteiger partial charge in [0.1, 0.15) is 0 Å². The van der Waals surface area contributed by atoms with Crippen LogP contribution < -0.4 is 5.32 Å². The molecule has 1 atom stereocenters. The van der Waals surface area contributed by atoms with Gasteiger partial charge >= 0.3 is 0 Å². The van der Waals surface area contributed by atoms with E-state index in [1.54, 1.807) is 0 Å². The van der Waals surface area contributed by atoms with Gasteiger partial charge in [-0.3, -0.25) is 0 Å². The van der Waals surface area contributed by atoms with Gasteiger partial charge in [0, 0.05) is 10.9 Å². The highest BCUT2D eigenvalue weighted by atomic mass is 79.9. The van der Waals surface area contributed by atoms with Gasteiger partial charge in [0.2, 0.25) is 0 Å². The van der Waals surface area contributed by atoms with Crippen LogP contribution in [0.3, 0.4) is 0 Å². The van der Waals surface area contributed by atoms with E-state index in [9.17, 15) is 0 Å². The Hall–Kier alpha value is 0.140. The van der Waals surface area contributed by atoms with Crippen molar-refractivity contribution in [3.8, 4) is 0 Å². The van der Waals surface area contributed by atoms with Crippen molar-refractivity contribution in [1.29, 1.82) is 0 Å². The molecule has 1 heterocycles. The van der Waals surface area contributed by atoms with Gasteiger partial charge in [-0.2, -0.15) is 0 Å². The lowest BCUT2D eigenvalue weighted by atomic mass is 9.83. The lowest BCUT2D eigenvalue weighted by molar-refractivity contribution is 0.277. The maximum atomic E-state index is 3.67. The highest BCUT2D eigenvalue weighted by molar-refractivity contribution is 9.11. The number of halogens is 1. The molecule has 1 nitrogen and oxygen atoms in total. The van der Waals surface area contributed by atoms with Crippen LogP contribution in [0.25, 0.3) is 0 Å². The van der Waals surface area contributed by atoms with E-state index in [-0.39, 0.29) is 0 Å². The molecular formula is C13H20BrNS. The summed E-state index contributed by atoms with van der Waals surface area (Å²) in [5.41, 5.74) is 0. The lowest BCUT2D eigenvalue weighted by Crippen LogP contribution is -2.28. The molecule has 90 valence electrons. The predicted octanol–water partition coefficient (Wildman–Crippen LogP) is 4.74. The summed E-state index contributed by atoms with van der Waals surface area (Å²) >= 11 is 5.45. The number of rotatable bonds is 4. The SMILES string of the molecule is CCNC(c1ccc(Br)s1)C1CCCCC1. The fourth-order valence-corrected chi connectivity index (χ4v) is 4.28. The van der Waals surface area contributed by atoms with Crippen molar-refractivity contribution >= 4 is 27.3 Å². The highest BCUT2D eigenvalue weighted by Gasteiger charge is 2.25. The first-order valence-corrected chi connectivity index (χ1v) is 7.91. The van der Waals surface area contributed by atoms with Gasteiger partial charge in [0.05, 0.1) is 3.79 Å². The molecule has 3 heteroatoms. The summed E-state index contributed by atoms with van der Waals surface area (Å²) in [7, 11) is 0. The summed E-state index contributed by atoms with van der Waals surface area (Å²) in [5.74, 6) is 0.847. The molecule has 0 aliphatic heterocycles. The molecule has 0 spiro atoms. The van der Waals surface area contributed by atoms with Gasteiger partial charge in [-0.1, -0.05) is 26.2 Å². The van der Waals surface area contributed by atoms with Gasteiger partial charge < -0.3 is 5.32 Å². The zero-order chi connectivity index (χ0) is 11.4. The van der Waals surface area contributed by atoms with E-state index < -0.39 is 0 Å². The summed E-state index contributed by atoms with van der Waals surface area (Å²) in [4.78, 5) is 1.50. The molecule has 0 aromatic carbocycles. The Morgan fingerprint density at radius 2 is 2.12 bits per heavy atom. The second-order valence-corrected chi connectivity index (χ2v) is 7.07. The third-order valence-electron chi connectivity index (χ3n) is 3.45. The molecule has 1 saturated carbocycles. The van der Waals surface area contributed by atoms with Crippen LogP contribution in [0.1, 0.15) is 49.9 Å². The second kappa shape index (κ2) is 6.18. The Balaban J connectivity index is 2.09. The fraction of sp³-hybridized carbons (Fsp3) is 0.692. The summed E-state index contributed by atoms with van der Waals surface area (Å²) in [6.45, 7) is 3.27. The van der Waals surface area contributed by atoms with Crippen LogP contribution in [-0.4, -0.2) is 6.54 Å². The largest absolute Gasteiger partial charge is 0.309 e. The molecular weight excluding hydrogens is 282 g/mol. The maximum absolute atomic E-state index is 3.67. The van der Waals surface area contributed by atoms with Crippen molar-refractivity contribution in [2.75, 3.05) is 6.54 Å². The van der Waals surface area contributed by atoms with E-state index in [1.165, 1.54) is 40.8 Å². The molecule has 1 fully saturated rings. The Kier molecular flexibility index (Phi) is 4.86. The average Bonchev–Trinajstić information content (AvgIpc) is 2.74. The molecule has 1 aliphatic rings. The van der Waals surface area contributed by atoms with Gasteiger partial charge in [-0.15, -0.1) is 11.3 Å². The molecule has 16 heavy (non-hydrogen) atoms. The van der Waals surface area contributed by atoms with E-state index in [0.29, 0.717) is 6.04 Å². The Bertz CT molecular complexity index is 317.